The molecule has 0 aliphatic rings. The highest BCUT2D eigenvalue weighted by Crippen LogP contribution is 2.02. The van der Waals surface area contributed by atoms with Crippen LogP contribution >= 0.6 is 0 Å². The van der Waals surface area contributed by atoms with Crippen molar-refractivity contribution in [3.8, 4) is 12.3 Å². The molecule has 66 valence electrons. The Morgan fingerprint density at radius 1 is 1.58 bits per heavy atom. The average Bonchev–Trinajstić information content (AvgIpc) is 2.11. The number of terminal acetylenes is 1. The van der Waals surface area contributed by atoms with E-state index in [1.807, 2.05) is 0 Å². The molecule has 0 N–H and O–H groups in total. The molecule has 1 atom stereocenters. The first-order valence-corrected chi connectivity index (χ1v) is 3.76. The second kappa shape index (κ2) is 5.36. The van der Waals surface area contributed by atoms with Gasteiger partial charge in [0.15, 0.2) is 6.61 Å². The molecule has 0 saturated heterocycles. The Morgan fingerprint density at radius 2 is 2.17 bits per heavy atom. The van der Waals surface area contributed by atoms with E-state index >= 15 is 0 Å². The summed E-state index contributed by atoms with van der Waals surface area (Å²) in [6.07, 6.45) is 5.21. The third-order valence-electron chi connectivity index (χ3n) is 1.48. The zero-order valence-corrected chi connectivity index (χ0v) is 7.29. The summed E-state index contributed by atoms with van der Waals surface area (Å²) < 4.78 is 4.58. The van der Waals surface area contributed by atoms with Gasteiger partial charge in [-0.15, -0.1) is 6.42 Å². The molecule has 0 aromatic rings. The molecule has 12 heavy (non-hydrogen) atoms. The fourth-order valence-electron chi connectivity index (χ4n) is 0.675. The maximum Gasteiger partial charge on any atom is 0.317 e. The number of hydrogen-bond donors (Lipinski definition) is 0. The molecule has 3 heteroatoms. The predicted octanol–water partition coefficient (Wildman–Crippen LogP) is 0.778. The lowest BCUT2D eigenvalue weighted by molar-refractivity contribution is -0.149. The SMILES string of the molecule is C#CCOC(=O)C(C)C(=O)CC. The van der Waals surface area contributed by atoms with Gasteiger partial charge in [-0.1, -0.05) is 12.8 Å². The molecule has 0 rings (SSSR count). The van der Waals surface area contributed by atoms with Crippen molar-refractivity contribution in [2.45, 2.75) is 20.3 Å². The van der Waals surface area contributed by atoms with E-state index in [0.717, 1.165) is 0 Å². The van der Waals surface area contributed by atoms with E-state index < -0.39 is 11.9 Å². The smallest absolute Gasteiger partial charge is 0.317 e. The standard InChI is InChI=1S/C9H12O3/c1-4-6-12-9(11)7(3)8(10)5-2/h1,7H,5-6H2,2-3H3. The summed E-state index contributed by atoms with van der Waals surface area (Å²) >= 11 is 0. The maximum absolute atomic E-state index is 11.0. The number of Topliss-reactive ketones (excluding diaryl/α,β-unsaturated/α-hetero) is 1. The third kappa shape index (κ3) is 3.20. The first-order valence-electron chi connectivity index (χ1n) is 3.76. The highest BCUT2D eigenvalue weighted by atomic mass is 16.5. The molecule has 0 aliphatic heterocycles. The lowest BCUT2D eigenvalue weighted by Crippen LogP contribution is -2.22. The minimum absolute atomic E-state index is 0.0693. The summed E-state index contributed by atoms with van der Waals surface area (Å²) in [4.78, 5) is 21.9. The fourth-order valence-corrected chi connectivity index (χ4v) is 0.675. The third-order valence-corrected chi connectivity index (χ3v) is 1.48. The van der Waals surface area contributed by atoms with Gasteiger partial charge in [0, 0.05) is 6.42 Å². The van der Waals surface area contributed by atoms with Crippen LogP contribution in [0.5, 0.6) is 0 Å². The lowest BCUT2D eigenvalue weighted by Gasteiger charge is -2.06. The fraction of sp³-hybridized carbons (Fsp3) is 0.556. The van der Waals surface area contributed by atoms with Crippen LogP contribution < -0.4 is 0 Å². The molecular weight excluding hydrogens is 156 g/mol. The van der Waals surface area contributed by atoms with Gasteiger partial charge in [0.25, 0.3) is 0 Å². The van der Waals surface area contributed by atoms with E-state index in [0.29, 0.717) is 6.42 Å². The Morgan fingerprint density at radius 3 is 2.58 bits per heavy atom. The summed E-state index contributed by atoms with van der Waals surface area (Å²) in [7, 11) is 0. The Kier molecular flexibility index (Phi) is 4.78. The van der Waals surface area contributed by atoms with Crippen LogP contribution in [0.1, 0.15) is 20.3 Å². The Balaban J connectivity index is 3.94. The Labute approximate surface area is 72.1 Å². The van der Waals surface area contributed by atoms with Crippen LogP contribution in [0.3, 0.4) is 0 Å². The minimum Gasteiger partial charge on any atom is -0.452 e. The molecule has 3 nitrogen and oxygen atoms in total. The van der Waals surface area contributed by atoms with Crippen LogP contribution in [0.4, 0.5) is 0 Å². The van der Waals surface area contributed by atoms with Crippen molar-refractivity contribution in [2.24, 2.45) is 5.92 Å². The van der Waals surface area contributed by atoms with Gasteiger partial charge in [0.05, 0.1) is 0 Å². The van der Waals surface area contributed by atoms with Crippen molar-refractivity contribution in [3.05, 3.63) is 0 Å². The quantitative estimate of drug-likeness (QED) is 0.354. The van der Waals surface area contributed by atoms with Crippen molar-refractivity contribution in [1.82, 2.24) is 0 Å². The monoisotopic (exact) mass is 168 g/mol. The van der Waals surface area contributed by atoms with Gasteiger partial charge in [-0.05, 0) is 6.92 Å². The number of hydrogen-bond acceptors (Lipinski definition) is 3. The van der Waals surface area contributed by atoms with Gasteiger partial charge in [0.2, 0.25) is 0 Å². The molecule has 0 saturated carbocycles. The van der Waals surface area contributed by atoms with Crippen LogP contribution in [-0.4, -0.2) is 18.4 Å². The van der Waals surface area contributed by atoms with Crippen molar-refractivity contribution in [2.75, 3.05) is 6.61 Å². The Bertz CT molecular complexity index is 212. The minimum atomic E-state index is -0.691. The Hall–Kier alpha value is -1.30. The number of carbonyl (C=O) groups excluding carboxylic acids is 2. The first-order chi connectivity index (χ1) is 5.63. The van der Waals surface area contributed by atoms with Gasteiger partial charge in [-0.2, -0.15) is 0 Å². The van der Waals surface area contributed by atoms with Crippen LogP contribution in [-0.2, 0) is 14.3 Å². The van der Waals surface area contributed by atoms with Crippen LogP contribution in [0.15, 0.2) is 0 Å². The van der Waals surface area contributed by atoms with Gasteiger partial charge in [0.1, 0.15) is 11.7 Å². The number of ketones is 1. The largest absolute Gasteiger partial charge is 0.452 e. The topological polar surface area (TPSA) is 43.4 Å². The van der Waals surface area contributed by atoms with E-state index in [2.05, 4.69) is 10.7 Å². The summed E-state index contributed by atoms with van der Waals surface area (Å²) in [6.45, 7) is 3.15. The molecule has 0 amide bonds. The predicted molar refractivity (Wildman–Crippen MR) is 44.3 cm³/mol. The summed E-state index contributed by atoms with van der Waals surface area (Å²) in [5.41, 5.74) is 0. The second-order valence-electron chi connectivity index (χ2n) is 2.35. The molecule has 0 bridgehead atoms. The summed E-state index contributed by atoms with van der Waals surface area (Å²) in [6, 6.07) is 0. The number of rotatable bonds is 4. The van der Waals surface area contributed by atoms with Gasteiger partial charge in [-0.3, -0.25) is 9.59 Å². The molecule has 0 fully saturated rings. The molecule has 1 unspecified atom stereocenters. The lowest BCUT2D eigenvalue weighted by atomic mass is 10.1. The van der Waals surface area contributed by atoms with E-state index in [4.69, 9.17) is 6.42 Å². The summed E-state index contributed by atoms with van der Waals surface area (Å²) in [5, 5.41) is 0. The van der Waals surface area contributed by atoms with Gasteiger partial charge < -0.3 is 4.74 Å². The van der Waals surface area contributed by atoms with Crippen LogP contribution in [0.25, 0.3) is 0 Å². The van der Waals surface area contributed by atoms with Crippen molar-refractivity contribution < 1.29 is 14.3 Å². The zero-order valence-electron chi connectivity index (χ0n) is 7.29. The van der Waals surface area contributed by atoms with Crippen molar-refractivity contribution in [1.29, 1.82) is 0 Å². The molecule has 0 aromatic heterocycles. The first kappa shape index (κ1) is 10.7. The van der Waals surface area contributed by atoms with E-state index in [1.165, 1.54) is 6.92 Å². The summed E-state index contributed by atoms with van der Waals surface area (Å²) in [5.74, 6) is 0.795. The molecule has 0 aromatic carbocycles. The van der Waals surface area contributed by atoms with Gasteiger partial charge in [-0.25, -0.2) is 0 Å². The maximum atomic E-state index is 11.0. The molecule has 0 heterocycles. The molecule has 0 spiro atoms. The highest BCUT2D eigenvalue weighted by molar-refractivity contribution is 5.98. The number of ether oxygens (including phenoxy) is 1. The van der Waals surface area contributed by atoms with Crippen LogP contribution in [0, 0.1) is 18.3 Å². The molecular formula is C9H12O3. The highest BCUT2D eigenvalue weighted by Gasteiger charge is 2.20. The van der Waals surface area contributed by atoms with Gasteiger partial charge >= 0.3 is 5.97 Å². The molecule has 0 aliphatic carbocycles. The normalized spacial score (nSPS) is 11.4. The average molecular weight is 168 g/mol. The van der Waals surface area contributed by atoms with E-state index in [1.54, 1.807) is 6.92 Å². The number of carbonyl (C=O) groups is 2. The van der Waals surface area contributed by atoms with E-state index in [9.17, 15) is 9.59 Å². The van der Waals surface area contributed by atoms with E-state index in [-0.39, 0.29) is 12.4 Å². The van der Waals surface area contributed by atoms with Crippen molar-refractivity contribution in [3.63, 3.8) is 0 Å². The zero-order chi connectivity index (χ0) is 9.56. The number of esters is 1. The molecule has 0 radical (unpaired) electrons. The van der Waals surface area contributed by atoms with Crippen molar-refractivity contribution >= 4 is 11.8 Å². The second-order valence-corrected chi connectivity index (χ2v) is 2.35. The van der Waals surface area contributed by atoms with Crippen LogP contribution in [0.2, 0.25) is 0 Å².